The summed E-state index contributed by atoms with van der Waals surface area (Å²) >= 11 is 6.71. The van der Waals surface area contributed by atoms with E-state index in [1.54, 1.807) is 24.4 Å². The Balaban J connectivity index is 2.14. The second-order valence-electron chi connectivity index (χ2n) is 5.02. The number of nitrogens with zero attached hydrogens (tertiary/aromatic N) is 1. The standard InChI is InChI=1S/C16H10Br2FNO3S/c1-9-7-10(4-5-14(9)19)24(21,22)23-16-13(18)8-12(17)11-3-2-6-20-15(11)16/h2-8H,1H3. The van der Waals surface area contributed by atoms with Crippen molar-refractivity contribution in [3.8, 4) is 5.75 Å². The van der Waals surface area contributed by atoms with Crippen molar-refractivity contribution in [2.45, 2.75) is 11.8 Å². The molecule has 0 spiro atoms. The fourth-order valence-corrected chi connectivity index (χ4v) is 4.66. The first kappa shape index (κ1) is 17.3. The molecule has 0 amide bonds. The lowest BCUT2D eigenvalue weighted by atomic mass is 10.2. The van der Waals surface area contributed by atoms with Gasteiger partial charge in [-0.2, -0.15) is 8.42 Å². The maximum atomic E-state index is 13.4. The van der Waals surface area contributed by atoms with Crippen LogP contribution in [0.2, 0.25) is 0 Å². The van der Waals surface area contributed by atoms with Crippen LogP contribution < -0.4 is 4.18 Å². The van der Waals surface area contributed by atoms with E-state index in [9.17, 15) is 12.8 Å². The van der Waals surface area contributed by atoms with Gasteiger partial charge < -0.3 is 4.18 Å². The van der Waals surface area contributed by atoms with Gasteiger partial charge in [-0.05, 0) is 58.7 Å². The van der Waals surface area contributed by atoms with Crippen LogP contribution in [0.15, 0.2) is 56.4 Å². The summed E-state index contributed by atoms with van der Waals surface area (Å²) in [6, 6.07) is 8.71. The minimum absolute atomic E-state index is 0.0794. The lowest BCUT2D eigenvalue weighted by Gasteiger charge is -2.12. The molecule has 0 N–H and O–H groups in total. The normalized spacial score (nSPS) is 11.7. The van der Waals surface area contributed by atoms with E-state index in [4.69, 9.17) is 4.18 Å². The first-order valence-corrected chi connectivity index (χ1v) is 9.72. The number of halogens is 3. The fourth-order valence-electron chi connectivity index (χ4n) is 2.16. The third kappa shape index (κ3) is 3.18. The Morgan fingerprint density at radius 3 is 2.58 bits per heavy atom. The molecule has 0 aliphatic rings. The van der Waals surface area contributed by atoms with E-state index in [1.807, 2.05) is 0 Å². The molecule has 0 saturated heterocycles. The quantitative estimate of drug-likeness (QED) is 0.502. The highest BCUT2D eigenvalue weighted by molar-refractivity contribution is 9.11. The predicted molar refractivity (Wildman–Crippen MR) is 96.1 cm³/mol. The molecule has 3 rings (SSSR count). The van der Waals surface area contributed by atoms with Crippen molar-refractivity contribution >= 4 is 52.9 Å². The zero-order valence-corrected chi connectivity index (χ0v) is 16.2. The van der Waals surface area contributed by atoms with Crippen molar-refractivity contribution in [3.63, 3.8) is 0 Å². The third-order valence-electron chi connectivity index (χ3n) is 3.36. The van der Waals surface area contributed by atoms with Gasteiger partial charge in [0.1, 0.15) is 16.2 Å². The van der Waals surface area contributed by atoms with Gasteiger partial charge in [0, 0.05) is 16.1 Å². The largest absolute Gasteiger partial charge is 0.375 e. The van der Waals surface area contributed by atoms with Gasteiger partial charge >= 0.3 is 10.1 Å². The van der Waals surface area contributed by atoms with Gasteiger partial charge in [0.2, 0.25) is 0 Å². The van der Waals surface area contributed by atoms with Crippen LogP contribution in [0, 0.1) is 12.7 Å². The summed E-state index contributed by atoms with van der Waals surface area (Å²) in [5.41, 5.74) is 0.610. The van der Waals surface area contributed by atoms with E-state index < -0.39 is 15.9 Å². The lowest BCUT2D eigenvalue weighted by molar-refractivity contribution is 0.486. The Bertz CT molecular complexity index is 1050. The molecule has 0 bridgehead atoms. The average molecular weight is 475 g/mol. The molecular formula is C16H10Br2FNO3S. The molecule has 2 aromatic carbocycles. The summed E-state index contributed by atoms with van der Waals surface area (Å²) in [6.45, 7) is 1.49. The van der Waals surface area contributed by atoms with E-state index in [2.05, 4.69) is 36.8 Å². The van der Waals surface area contributed by atoms with Crippen LogP contribution in [-0.4, -0.2) is 13.4 Å². The van der Waals surface area contributed by atoms with E-state index >= 15 is 0 Å². The molecule has 8 heteroatoms. The minimum Gasteiger partial charge on any atom is -0.375 e. The average Bonchev–Trinajstić information content (AvgIpc) is 2.54. The van der Waals surface area contributed by atoms with Crippen LogP contribution in [0.5, 0.6) is 5.75 Å². The van der Waals surface area contributed by atoms with Gasteiger partial charge in [0.25, 0.3) is 0 Å². The molecule has 1 aromatic heterocycles. The third-order valence-corrected chi connectivity index (χ3v) is 5.82. The highest BCUT2D eigenvalue weighted by Gasteiger charge is 2.22. The van der Waals surface area contributed by atoms with Crippen molar-refractivity contribution in [1.82, 2.24) is 4.98 Å². The van der Waals surface area contributed by atoms with Gasteiger partial charge in [-0.3, -0.25) is 4.98 Å². The summed E-state index contributed by atoms with van der Waals surface area (Å²) in [5.74, 6) is -0.401. The topological polar surface area (TPSA) is 56.3 Å². The molecule has 0 unspecified atom stereocenters. The smallest absolute Gasteiger partial charge is 0.339 e. The van der Waals surface area contributed by atoms with Crippen LogP contribution in [0.25, 0.3) is 10.9 Å². The van der Waals surface area contributed by atoms with E-state index in [0.717, 1.165) is 10.5 Å². The van der Waals surface area contributed by atoms with Crippen LogP contribution in [0.4, 0.5) is 4.39 Å². The molecule has 24 heavy (non-hydrogen) atoms. The SMILES string of the molecule is Cc1cc(S(=O)(=O)Oc2c(Br)cc(Br)c3cccnc23)ccc1F. The molecular weight excluding hydrogens is 465 g/mol. The fraction of sp³-hybridized carbons (Fsp3) is 0.0625. The van der Waals surface area contributed by atoms with E-state index in [1.165, 1.54) is 19.1 Å². The van der Waals surface area contributed by atoms with Crippen molar-refractivity contribution in [2.75, 3.05) is 0 Å². The number of aromatic nitrogens is 1. The zero-order valence-electron chi connectivity index (χ0n) is 12.3. The molecule has 3 aromatic rings. The first-order valence-electron chi connectivity index (χ1n) is 6.73. The Hall–Kier alpha value is -1.51. The molecule has 0 aliphatic heterocycles. The Kier molecular flexibility index (Phi) is 4.63. The molecule has 1 heterocycles. The lowest BCUT2D eigenvalue weighted by Crippen LogP contribution is -2.11. The first-order chi connectivity index (χ1) is 11.3. The molecule has 0 fully saturated rings. The Morgan fingerprint density at radius 2 is 1.88 bits per heavy atom. The molecule has 124 valence electrons. The second-order valence-corrected chi connectivity index (χ2v) is 8.27. The summed E-state index contributed by atoms with van der Waals surface area (Å²) in [7, 11) is -4.13. The summed E-state index contributed by atoms with van der Waals surface area (Å²) < 4.78 is 44.9. The summed E-state index contributed by atoms with van der Waals surface area (Å²) in [5, 5.41) is 0.709. The second kappa shape index (κ2) is 6.42. The number of pyridine rings is 1. The van der Waals surface area contributed by atoms with Crippen molar-refractivity contribution in [3.05, 3.63) is 62.9 Å². The predicted octanol–water partition coefficient (Wildman–Crippen LogP) is 4.98. The Labute approximate surface area is 155 Å². The van der Waals surface area contributed by atoms with Gasteiger partial charge in [0.05, 0.1) is 4.47 Å². The highest BCUT2D eigenvalue weighted by atomic mass is 79.9. The number of hydrogen-bond acceptors (Lipinski definition) is 4. The van der Waals surface area contributed by atoms with Crippen LogP contribution in [0.3, 0.4) is 0 Å². The van der Waals surface area contributed by atoms with Crippen LogP contribution in [-0.2, 0) is 10.1 Å². The van der Waals surface area contributed by atoms with Crippen molar-refractivity contribution < 1.29 is 17.0 Å². The maximum absolute atomic E-state index is 13.4. The van der Waals surface area contributed by atoms with Gasteiger partial charge in [-0.15, -0.1) is 0 Å². The molecule has 4 nitrogen and oxygen atoms in total. The molecule has 0 aliphatic carbocycles. The van der Waals surface area contributed by atoms with Crippen molar-refractivity contribution in [2.24, 2.45) is 0 Å². The summed E-state index contributed by atoms with van der Waals surface area (Å²) in [4.78, 5) is 4.08. The van der Waals surface area contributed by atoms with Gasteiger partial charge in [-0.25, -0.2) is 4.39 Å². The molecule has 0 atom stereocenters. The number of hydrogen-bond donors (Lipinski definition) is 0. The van der Waals surface area contributed by atoms with Crippen LogP contribution >= 0.6 is 31.9 Å². The van der Waals surface area contributed by atoms with Gasteiger partial charge in [0.15, 0.2) is 5.75 Å². The van der Waals surface area contributed by atoms with Crippen LogP contribution in [0.1, 0.15) is 5.56 Å². The number of rotatable bonds is 3. The number of aryl methyl sites for hydroxylation is 1. The monoisotopic (exact) mass is 473 g/mol. The highest BCUT2D eigenvalue weighted by Crippen LogP contribution is 2.38. The minimum atomic E-state index is -4.13. The molecule has 0 radical (unpaired) electrons. The van der Waals surface area contributed by atoms with E-state index in [-0.39, 0.29) is 16.2 Å². The number of benzene rings is 2. The van der Waals surface area contributed by atoms with Crippen molar-refractivity contribution in [1.29, 1.82) is 0 Å². The summed E-state index contributed by atoms with van der Waals surface area (Å²) in [6.07, 6.45) is 1.54. The Morgan fingerprint density at radius 1 is 1.12 bits per heavy atom. The van der Waals surface area contributed by atoms with Gasteiger partial charge in [-0.1, -0.05) is 22.0 Å². The number of fused-ring (bicyclic) bond motifs is 1. The molecule has 0 saturated carbocycles. The van der Waals surface area contributed by atoms with E-state index in [0.29, 0.717) is 15.4 Å². The zero-order chi connectivity index (χ0) is 17.5. The maximum Gasteiger partial charge on any atom is 0.339 e.